The Kier molecular flexibility index (Phi) is 4.29. The summed E-state index contributed by atoms with van der Waals surface area (Å²) in [5, 5.41) is 17.5. The van der Waals surface area contributed by atoms with E-state index in [9.17, 15) is 10.0 Å². The van der Waals surface area contributed by atoms with Gasteiger partial charge in [0.15, 0.2) is 0 Å². The summed E-state index contributed by atoms with van der Waals surface area (Å²) < 4.78 is 1.96. The molecule has 0 saturated heterocycles. The van der Waals surface area contributed by atoms with E-state index in [1.807, 2.05) is 35.8 Å². The number of fused-ring (bicyclic) bond motifs is 3. The summed E-state index contributed by atoms with van der Waals surface area (Å²) in [5.74, 6) is 0.827. The molecule has 126 valence electrons. The maximum atomic E-state index is 11.3. The van der Waals surface area contributed by atoms with Crippen LogP contribution in [0.4, 0.5) is 5.82 Å². The normalized spacial score (nSPS) is 12.2. The first-order valence-corrected chi connectivity index (χ1v) is 7.99. The molecule has 2 aromatic heterocycles. The molecule has 0 fully saturated rings. The van der Waals surface area contributed by atoms with E-state index in [1.165, 1.54) is 0 Å². The quantitative estimate of drug-likeness (QED) is 0.679. The predicted octanol–water partition coefficient (Wildman–Crippen LogP) is 2.86. The van der Waals surface area contributed by atoms with Gasteiger partial charge >= 0.3 is 0 Å². The van der Waals surface area contributed by atoms with Crippen molar-refractivity contribution in [1.82, 2.24) is 19.9 Å². The molecule has 0 saturated carbocycles. The summed E-state index contributed by atoms with van der Waals surface area (Å²) in [6, 6.07) is 7.57. The van der Waals surface area contributed by atoms with Gasteiger partial charge in [0, 0.05) is 5.39 Å². The Morgan fingerprint density at radius 1 is 1.29 bits per heavy atom. The highest BCUT2D eigenvalue weighted by Crippen LogP contribution is 2.32. The maximum absolute atomic E-state index is 11.3. The van der Waals surface area contributed by atoms with Crippen LogP contribution in [0.15, 0.2) is 29.4 Å². The van der Waals surface area contributed by atoms with Gasteiger partial charge in [0.1, 0.15) is 11.3 Å². The lowest BCUT2D eigenvalue weighted by molar-refractivity contribution is 0.0618. The molecular formula is C17H21N5O2. The topological polar surface area (TPSA) is 92.4 Å². The van der Waals surface area contributed by atoms with Crippen LogP contribution < -0.4 is 5.32 Å². The molecule has 0 unspecified atom stereocenters. The van der Waals surface area contributed by atoms with E-state index in [4.69, 9.17) is 0 Å². The van der Waals surface area contributed by atoms with Crippen LogP contribution in [0.25, 0.3) is 21.9 Å². The number of nitrogens with zero attached hydrogens (tertiary/aromatic N) is 4. The fraction of sp³-hybridized carbons (Fsp3) is 0.412. The highest BCUT2D eigenvalue weighted by Gasteiger charge is 2.23. The Balaban J connectivity index is 2.37. The van der Waals surface area contributed by atoms with E-state index >= 15 is 0 Å². The number of nitrogens with one attached hydrogen (secondary N) is 1. The number of aliphatic hydroxyl groups is 1. The standard InChI is InChI=1S/C17H21N5O2/c1-4-18-9-13-20-14-15(22(13)10-17(2,3)23)11-7-5-6-8-12(11)19-16(14)21-24/h5-8,18,23H,4,9-10H2,1-3H3. The highest BCUT2D eigenvalue weighted by atomic mass is 16.3. The summed E-state index contributed by atoms with van der Waals surface area (Å²) in [5.41, 5.74) is 1.02. The van der Waals surface area contributed by atoms with Crippen LogP contribution in [0.3, 0.4) is 0 Å². The lowest BCUT2D eigenvalue weighted by atomic mass is 10.1. The smallest absolute Gasteiger partial charge is 0.225 e. The van der Waals surface area contributed by atoms with Crippen molar-refractivity contribution in [3.05, 3.63) is 35.0 Å². The maximum Gasteiger partial charge on any atom is 0.225 e. The minimum Gasteiger partial charge on any atom is -0.389 e. The lowest BCUT2D eigenvalue weighted by Crippen LogP contribution is -2.28. The Hall–Kier alpha value is -2.38. The molecule has 1 aromatic carbocycles. The van der Waals surface area contributed by atoms with Crippen LogP contribution in [-0.4, -0.2) is 31.8 Å². The van der Waals surface area contributed by atoms with Gasteiger partial charge in [-0.25, -0.2) is 9.97 Å². The van der Waals surface area contributed by atoms with Crippen LogP contribution in [0.1, 0.15) is 26.6 Å². The number of aromatic nitrogens is 3. The largest absolute Gasteiger partial charge is 0.389 e. The van der Waals surface area contributed by atoms with Crippen LogP contribution >= 0.6 is 0 Å². The summed E-state index contributed by atoms with van der Waals surface area (Å²) in [7, 11) is 0. The molecule has 2 N–H and O–H groups in total. The Labute approximate surface area is 139 Å². The Morgan fingerprint density at radius 2 is 2.04 bits per heavy atom. The molecule has 0 radical (unpaired) electrons. The van der Waals surface area contributed by atoms with Gasteiger partial charge in [0.2, 0.25) is 5.82 Å². The van der Waals surface area contributed by atoms with Crippen molar-refractivity contribution in [1.29, 1.82) is 0 Å². The van der Waals surface area contributed by atoms with Gasteiger partial charge in [-0.1, -0.05) is 25.1 Å². The first-order chi connectivity index (χ1) is 11.4. The Morgan fingerprint density at radius 3 is 2.71 bits per heavy atom. The first kappa shape index (κ1) is 16.5. The van der Waals surface area contributed by atoms with Gasteiger partial charge in [-0.05, 0) is 31.6 Å². The fourth-order valence-electron chi connectivity index (χ4n) is 2.86. The zero-order valence-corrected chi connectivity index (χ0v) is 14.1. The zero-order valence-electron chi connectivity index (χ0n) is 14.1. The van der Waals surface area contributed by atoms with E-state index in [0.29, 0.717) is 24.1 Å². The minimum absolute atomic E-state index is 0.0796. The molecule has 0 amide bonds. The number of rotatable bonds is 6. The summed E-state index contributed by atoms with van der Waals surface area (Å²) >= 11 is 0. The molecule has 0 spiro atoms. The van der Waals surface area contributed by atoms with Gasteiger partial charge in [-0.2, -0.15) is 0 Å². The average Bonchev–Trinajstić information content (AvgIpc) is 2.89. The number of pyridine rings is 1. The summed E-state index contributed by atoms with van der Waals surface area (Å²) in [6.45, 7) is 7.20. The minimum atomic E-state index is -0.923. The van der Waals surface area contributed by atoms with E-state index in [2.05, 4.69) is 20.5 Å². The number of hydrogen-bond donors (Lipinski definition) is 2. The van der Waals surface area contributed by atoms with Crippen LogP contribution in [-0.2, 0) is 13.1 Å². The molecule has 0 aliphatic heterocycles. The van der Waals surface area contributed by atoms with E-state index in [0.717, 1.165) is 23.3 Å². The first-order valence-electron chi connectivity index (χ1n) is 7.99. The van der Waals surface area contributed by atoms with Crippen molar-refractivity contribution in [2.75, 3.05) is 6.54 Å². The molecule has 7 heteroatoms. The van der Waals surface area contributed by atoms with Crippen LogP contribution in [0, 0.1) is 4.91 Å². The highest BCUT2D eigenvalue weighted by molar-refractivity contribution is 6.06. The van der Waals surface area contributed by atoms with Crippen molar-refractivity contribution in [2.45, 2.75) is 39.5 Å². The molecule has 0 aliphatic carbocycles. The summed E-state index contributed by atoms with van der Waals surface area (Å²) in [6.07, 6.45) is 0. The van der Waals surface area contributed by atoms with Gasteiger partial charge in [-0.15, -0.1) is 4.91 Å². The van der Waals surface area contributed by atoms with Crippen LogP contribution in [0.2, 0.25) is 0 Å². The van der Waals surface area contributed by atoms with Gasteiger partial charge in [0.05, 0.1) is 29.7 Å². The van der Waals surface area contributed by atoms with Crippen molar-refractivity contribution in [3.63, 3.8) is 0 Å². The molecule has 0 bridgehead atoms. The Bertz CT molecular complexity index is 895. The van der Waals surface area contributed by atoms with Crippen LogP contribution in [0.5, 0.6) is 0 Å². The SMILES string of the molecule is CCNCc1nc2c(N=O)nc3ccccc3c2n1CC(C)(C)O. The number of imidazole rings is 1. The molecular weight excluding hydrogens is 306 g/mol. The van der Waals surface area contributed by atoms with Gasteiger partial charge in [0.25, 0.3) is 0 Å². The monoisotopic (exact) mass is 327 g/mol. The van der Waals surface area contributed by atoms with Crippen molar-refractivity contribution < 1.29 is 5.11 Å². The zero-order chi connectivity index (χ0) is 17.3. The molecule has 0 aliphatic rings. The second kappa shape index (κ2) is 6.26. The average molecular weight is 327 g/mol. The van der Waals surface area contributed by atoms with Crippen molar-refractivity contribution >= 4 is 27.8 Å². The van der Waals surface area contributed by atoms with E-state index in [-0.39, 0.29) is 5.82 Å². The molecule has 0 atom stereocenters. The second-order valence-electron chi connectivity index (χ2n) is 6.45. The lowest BCUT2D eigenvalue weighted by Gasteiger charge is -2.20. The molecule has 7 nitrogen and oxygen atoms in total. The predicted molar refractivity (Wildman–Crippen MR) is 94.2 cm³/mol. The van der Waals surface area contributed by atoms with Crippen molar-refractivity contribution in [2.24, 2.45) is 5.18 Å². The molecule has 3 aromatic rings. The van der Waals surface area contributed by atoms with E-state index in [1.54, 1.807) is 13.8 Å². The fourth-order valence-corrected chi connectivity index (χ4v) is 2.86. The second-order valence-corrected chi connectivity index (χ2v) is 6.45. The third-order valence-electron chi connectivity index (χ3n) is 3.81. The van der Waals surface area contributed by atoms with E-state index < -0.39 is 5.60 Å². The molecule has 24 heavy (non-hydrogen) atoms. The molecule has 3 rings (SSSR count). The van der Waals surface area contributed by atoms with Gasteiger partial charge in [-0.3, -0.25) is 0 Å². The number of para-hydroxylation sites is 1. The van der Waals surface area contributed by atoms with Crippen molar-refractivity contribution in [3.8, 4) is 0 Å². The number of nitroso groups, excluding NO2 is 1. The van der Waals surface area contributed by atoms with Gasteiger partial charge < -0.3 is 15.0 Å². The third-order valence-corrected chi connectivity index (χ3v) is 3.81. The summed E-state index contributed by atoms with van der Waals surface area (Å²) in [4.78, 5) is 20.2. The number of hydrogen-bond acceptors (Lipinski definition) is 6. The third kappa shape index (κ3) is 3.00. The number of benzene rings is 1. The molecule has 2 heterocycles.